The molecule has 37 N–H and O–H groups in total. The summed E-state index contributed by atoms with van der Waals surface area (Å²) in [6.45, 7) is 8.70. The average Bonchev–Trinajstić information content (AvgIpc) is 0.785. The van der Waals surface area contributed by atoms with Gasteiger partial charge in [0.15, 0.2) is 37.7 Å². The molecule has 9 aliphatic rings. The van der Waals surface area contributed by atoms with Crippen molar-refractivity contribution >= 4 is 10.4 Å². The van der Waals surface area contributed by atoms with Crippen LogP contribution in [0.5, 0.6) is 0 Å². The van der Waals surface area contributed by atoms with E-state index in [1.165, 1.54) is 0 Å². The van der Waals surface area contributed by atoms with Crippen molar-refractivity contribution in [3.8, 4) is 0 Å². The van der Waals surface area contributed by atoms with Crippen LogP contribution < -0.4 is 84.3 Å². The van der Waals surface area contributed by atoms with Gasteiger partial charge < -0.3 is 187 Å². The molecule has 6 heterocycles. The van der Waals surface area contributed by atoms with Gasteiger partial charge in [-0.1, -0.05) is 0 Å². The Balaban J connectivity index is -0.0000000465. The van der Waals surface area contributed by atoms with Gasteiger partial charge in [-0.2, -0.15) is 8.42 Å². The molecule has 658 valence electrons. The molecule has 3 aliphatic carbocycles. The van der Waals surface area contributed by atoms with Crippen LogP contribution in [0.2, 0.25) is 0 Å². The Kier molecular flexibility index (Phi) is 33.4. The molecule has 6 saturated heterocycles. The van der Waals surface area contributed by atoms with Gasteiger partial charge in [0, 0.05) is 99.1 Å². The lowest BCUT2D eigenvalue weighted by atomic mass is 9.84. The fourth-order valence-electron chi connectivity index (χ4n) is 14.6. The third-order valence-corrected chi connectivity index (χ3v) is 20.6. The monoisotopic (exact) mass is 1550 g/mol. The highest BCUT2D eigenvalue weighted by Gasteiger charge is 2.55. The summed E-state index contributed by atoms with van der Waals surface area (Å²) in [5.74, 6) is 0. The van der Waals surface area contributed by atoms with Crippen molar-refractivity contribution in [2.45, 2.75) is 323 Å². The van der Waals surface area contributed by atoms with Crippen LogP contribution in [0.15, 0.2) is 0 Å². The van der Waals surface area contributed by atoms with E-state index in [1.54, 1.807) is 41.9 Å². The number of aliphatic hydroxyl groups excluding tert-OH is 6. The normalized spacial score (nSPS) is 49.1. The first kappa shape index (κ1) is 88.3. The summed E-state index contributed by atoms with van der Waals surface area (Å²) in [4.78, 5) is 0. The molecule has 9 fully saturated rings. The van der Waals surface area contributed by atoms with Crippen molar-refractivity contribution in [3.63, 3.8) is 0 Å². The standard InChI is InChI=1S/C21H43N5O7.C20H41N5O7.C19H39N5O7.H2O4S.31H2/c1-9(25-3)13-6-5-10(22)19(31-13)32-16-11(23)7-12(24)17(14(16)27)33-20-15(28)18(26-4)21(2,29)8-30-20;1-8(21)12-5-4-9(22)18(30-12)31-15-10(23)6-11(24)16(13(15)26)32-19-14(27)17(25-3)20(2,28)7-29-19;1-19(27)7-28-18(13(26)16(19)24-2)31-15-11(23)5-10(22)14(12(15)25)30-17-9(21)4-3-8(6-20)29-17;1-5(2,3)4;;;;;;;;;;;;;;;;;;;;;;;;;;;;;;;/h9-20,25-29H,5-8,22-24H2,1-4H3;8-19,25-28H,4-7,21-24H2,1-3H3;8-18,24-27H,3-7,20-23H2,1-2H3;(H2,1,2,3,4);31*1H/t9-,10-,11+,12-,13+,14+,15-,16-,17+,18-,19-,20-,21+;8-,9-,10+,11-,12+,13+,14-,15-,16+,17-,18-,19-,20+;8-,9+,10-,11+,12-,13+,14+,15-,16+,17+,18+,19-;;;;;;;;;;;;;;;;;;;;;;;;;;;;;;;;/m110................................/s1. The summed E-state index contributed by atoms with van der Waals surface area (Å²) in [5.41, 5.74) is 63.8. The van der Waals surface area contributed by atoms with Crippen LogP contribution in [0, 0.1) is 0 Å². The number of ether oxygens (including phenoxy) is 12. The number of nitrogens with one attached hydrogen (secondary N) is 4. The van der Waals surface area contributed by atoms with Gasteiger partial charge >= 0.3 is 10.4 Å². The van der Waals surface area contributed by atoms with Crippen LogP contribution in [0.4, 0.5) is 0 Å². The van der Waals surface area contributed by atoms with E-state index in [2.05, 4.69) is 21.3 Å². The molecule has 101 heavy (non-hydrogen) atoms. The van der Waals surface area contributed by atoms with Gasteiger partial charge in [-0.25, -0.2) is 0 Å². The van der Waals surface area contributed by atoms with E-state index in [1.807, 2.05) is 20.9 Å². The molecule has 0 radical (unpaired) electrons. The number of hydrogen-bond acceptors (Lipinski definition) is 38. The molecule has 0 aromatic rings. The minimum absolute atomic E-state index is 0. The van der Waals surface area contributed by atoms with Crippen LogP contribution in [0.1, 0.15) is 137 Å². The maximum Gasteiger partial charge on any atom is 0.394 e. The van der Waals surface area contributed by atoms with E-state index in [-0.39, 0.29) is 113 Å². The van der Waals surface area contributed by atoms with E-state index < -0.39 is 193 Å². The molecule has 0 amide bonds. The summed E-state index contributed by atoms with van der Waals surface area (Å²) >= 11 is 0. The summed E-state index contributed by atoms with van der Waals surface area (Å²) < 4.78 is 102. The Labute approximate surface area is 636 Å². The zero-order valence-corrected chi connectivity index (χ0v) is 60.1. The van der Waals surface area contributed by atoms with Crippen LogP contribution in [0.3, 0.4) is 0 Å². The number of likely N-dealkylation sites (N-methyl/N-ethyl adjacent to an activating group) is 4. The van der Waals surface area contributed by atoms with Crippen molar-refractivity contribution in [1.29, 1.82) is 0 Å². The van der Waals surface area contributed by atoms with Crippen LogP contribution in [-0.2, 0) is 67.2 Å². The van der Waals surface area contributed by atoms with Crippen molar-refractivity contribution in [1.82, 2.24) is 21.3 Å². The van der Waals surface area contributed by atoms with E-state index in [0.29, 0.717) is 45.1 Å². The Bertz CT molecular complexity index is 2670. The van der Waals surface area contributed by atoms with Gasteiger partial charge in [-0.15, -0.1) is 0 Å². The second kappa shape index (κ2) is 38.2. The molecule has 6 aliphatic heterocycles. The molecule has 0 aromatic carbocycles. The minimum Gasteiger partial charge on any atom is -0.388 e. The Morgan fingerprint density at radius 3 is 0.960 bits per heavy atom. The van der Waals surface area contributed by atoms with Crippen molar-refractivity contribution in [2.75, 3.05) is 54.6 Å². The van der Waals surface area contributed by atoms with E-state index in [0.717, 1.165) is 19.3 Å². The molecule has 0 aromatic heterocycles. The third-order valence-electron chi connectivity index (χ3n) is 20.6. The summed E-state index contributed by atoms with van der Waals surface area (Å²) in [5, 5.41) is 108. The highest BCUT2D eigenvalue weighted by Crippen LogP contribution is 2.36. The minimum atomic E-state index is -4.67. The molecule has 0 spiro atoms. The number of nitrogens with two attached hydrogens (primary N) is 11. The predicted octanol–water partition coefficient (Wildman–Crippen LogP) is -3.92. The first-order valence-electron chi connectivity index (χ1n) is 34.7. The van der Waals surface area contributed by atoms with Gasteiger partial charge in [-0.05, 0) is 121 Å². The molecule has 40 nitrogen and oxygen atoms in total. The number of rotatable bonds is 19. The smallest absolute Gasteiger partial charge is 0.388 e. The zero-order chi connectivity index (χ0) is 75.7. The lowest BCUT2D eigenvalue weighted by molar-refractivity contribution is -0.307. The van der Waals surface area contributed by atoms with Crippen molar-refractivity contribution < 1.29 is 165 Å². The van der Waals surface area contributed by atoms with Crippen molar-refractivity contribution in [3.05, 3.63) is 0 Å². The highest BCUT2D eigenvalue weighted by molar-refractivity contribution is 7.79. The van der Waals surface area contributed by atoms with Gasteiger partial charge in [0.25, 0.3) is 0 Å². The molecule has 9 rings (SSSR count). The lowest BCUT2D eigenvalue weighted by Crippen LogP contribution is -2.68. The van der Waals surface area contributed by atoms with Crippen LogP contribution >= 0.6 is 0 Å². The number of hydrogen-bond donors (Lipinski definition) is 26. The van der Waals surface area contributed by atoms with Gasteiger partial charge in [0.1, 0.15) is 90.1 Å². The zero-order valence-electron chi connectivity index (χ0n) is 59.3. The second-order valence-electron chi connectivity index (χ2n) is 29.2. The largest absolute Gasteiger partial charge is 0.394 e. The average molecular weight is 1550 g/mol. The molecule has 41 heteroatoms. The topological polar surface area (TPSA) is 702 Å². The maximum absolute atomic E-state index is 11.1. The lowest BCUT2D eigenvalue weighted by Gasteiger charge is -2.48. The number of aliphatic hydroxyl groups is 9. The Morgan fingerprint density at radius 2 is 0.693 bits per heavy atom. The Hall–Kier alpha value is -1.57. The van der Waals surface area contributed by atoms with Crippen molar-refractivity contribution in [2.24, 2.45) is 63.1 Å². The van der Waals surface area contributed by atoms with Gasteiger partial charge in [0.05, 0.1) is 74.4 Å². The van der Waals surface area contributed by atoms with E-state index >= 15 is 0 Å². The Morgan fingerprint density at radius 1 is 0.436 bits per heavy atom. The summed E-state index contributed by atoms with van der Waals surface area (Å²) in [6.07, 6.45) is -13.3. The quantitative estimate of drug-likeness (QED) is 0.0549. The molecular formula is C60H187N15O25S. The summed E-state index contributed by atoms with van der Waals surface area (Å²) in [7, 11) is 2.07. The summed E-state index contributed by atoms with van der Waals surface area (Å²) in [6, 6.07) is -6.84. The molecule has 3 saturated carbocycles. The van der Waals surface area contributed by atoms with E-state index in [4.69, 9.17) is 137 Å². The van der Waals surface area contributed by atoms with Gasteiger partial charge in [-0.3, -0.25) is 9.11 Å². The fraction of sp³-hybridized carbons (Fsp3) is 1.00. The molecule has 0 unspecified atom stereocenters. The van der Waals surface area contributed by atoms with E-state index in [9.17, 15) is 46.0 Å². The molecule has 38 atom stereocenters. The highest BCUT2D eigenvalue weighted by atomic mass is 32.3. The van der Waals surface area contributed by atoms with Crippen LogP contribution in [-0.4, -0.2) is 349 Å². The molecule has 0 bridgehead atoms. The second-order valence-corrected chi connectivity index (χ2v) is 30.1. The predicted molar refractivity (Wildman–Crippen MR) is 425 cm³/mol. The van der Waals surface area contributed by atoms with Crippen LogP contribution in [0.25, 0.3) is 0 Å². The maximum atomic E-state index is 11.1. The third kappa shape index (κ3) is 23.0. The fourth-order valence-corrected chi connectivity index (χ4v) is 14.6. The first-order valence-corrected chi connectivity index (χ1v) is 36.1. The molecular weight excluding hydrogens is 1360 g/mol. The first-order chi connectivity index (χ1) is 47.0. The van der Waals surface area contributed by atoms with Gasteiger partial charge in [0.2, 0.25) is 0 Å². The SMILES string of the molecule is CN[C@@H]1[C@@H](O)[C@@H](O[C@@H]2[C@@H](O)[C@H](O[C@H]3O[C@H](CN)CC[C@H]3N)[C@@H](N)C[C@H]2N)OC[C@]1(C)O.CN[C@@H]1[C@@H](O)[C@@H](O[C@@H]2[C@@H](O)[C@H](O[C@H]3O[C@H]([C@@H](C)N)CC[C@H]3N)[C@@H](N)C[C@H]2N)OC[C@]1(C)O.CN[C@@H]1[C@@H](O)[C@@H](O[C@@H]2[C@@H](O)[C@H](O[C@H]3O[C@H]([C@@H](C)NC)CC[C@H]3N)[C@@H](N)C[C@H]2N)OC[C@]1(C)O.O=S(=O)(O)O.[HH].[HH].[HH].[HH].[HH].[HH].[HH].[HH].[HH].[HH].[HH].[HH].[HH].[HH].[HH].[HH].[HH].[HH].[HH].[HH].[HH].[HH].[HH].[HH].[HH].[HH].[HH].[HH].[HH].[HH].[HH].